The highest BCUT2D eigenvalue weighted by molar-refractivity contribution is 7.91. The van der Waals surface area contributed by atoms with Crippen LogP contribution in [0.25, 0.3) is 0 Å². The number of hydrogen-bond donors (Lipinski definition) is 1. The van der Waals surface area contributed by atoms with Crippen molar-refractivity contribution in [2.24, 2.45) is 0 Å². The van der Waals surface area contributed by atoms with E-state index < -0.39 is 27.7 Å². The second kappa shape index (κ2) is 8.05. The van der Waals surface area contributed by atoms with Crippen LogP contribution in [0, 0.1) is 5.82 Å². The monoisotopic (exact) mass is 400 g/mol. The standard InChI is InChI=1S/C18H18ClFO5S/c1-3-26(23,24)15-6-4-12(16(19)10-15)8-13-9-14(20)5-7-17(13)25-11(2)18(21)22/h4-7,9-11H,3,8H2,1-2H3,(H,21,22)/t11-/m0/s1. The second-order valence-corrected chi connectivity index (χ2v) is 8.37. The largest absolute Gasteiger partial charge is 0.479 e. The van der Waals surface area contributed by atoms with Gasteiger partial charge in [-0.3, -0.25) is 0 Å². The zero-order valence-electron chi connectivity index (χ0n) is 14.2. The van der Waals surface area contributed by atoms with E-state index in [1.165, 1.54) is 44.2 Å². The molecule has 0 radical (unpaired) electrons. The zero-order valence-corrected chi connectivity index (χ0v) is 15.8. The molecule has 0 heterocycles. The van der Waals surface area contributed by atoms with Crippen LogP contribution in [0.4, 0.5) is 4.39 Å². The molecule has 0 amide bonds. The van der Waals surface area contributed by atoms with Gasteiger partial charge in [0.25, 0.3) is 0 Å². The van der Waals surface area contributed by atoms with Gasteiger partial charge in [-0.05, 0) is 42.8 Å². The lowest BCUT2D eigenvalue weighted by Gasteiger charge is -2.15. The third-order valence-corrected chi connectivity index (χ3v) is 5.90. The Balaban J connectivity index is 2.36. The van der Waals surface area contributed by atoms with E-state index in [0.29, 0.717) is 11.1 Å². The Morgan fingerprint density at radius 3 is 2.50 bits per heavy atom. The lowest BCUT2D eigenvalue weighted by molar-refractivity contribution is -0.144. The van der Waals surface area contributed by atoms with Crippen LogP contribution >= 0.6 is 11.6 Å². The van der Waals surface area contributed by atoms with E-state index in [2.05, 4.69) is 0 Å². The number of ether oxygens (including phenoxy) is 1. The van der Waals surface area contributed by atoms with Gasteiger partial charge in [-0.1, -0.05) is 24.6 Å². The van der Waals surface area contributed by atoms with Gasteiger partial charge in [-0.2, -0.15) is 0 Å². The number of hydrogen-bond acceptors (Lipinski definition) is 4. The number of halogens is 2. The van der Waals surface area contributed by atoms with Gasteiger partial charge in [0.1, 0.15) is 11.6 Å². The van der Waals surface area contributed by atoms with E-state index in [1.54, 1.807) is 6.07 Å². The normalized spacial score (nSPS) is 12.6. The number of carboxylic acids is 1. The van der Waals surface area contributed by atoms with Crippen LogP contribution in [0.2, 0.25) is 5.02 Å². The van der Waals surface area contributed by atoms with Gasteiger partial charge in [0.15, 0.2) is 15.9 Å². The molecular weight excluding hydrogens is 383 g/mol. The number of aliphatic carboxylic acids is 1. The number of rotatable bonds is 7. The minimum atomic E-state index is -3.39. The molecule has 0 bridgehead atoms. The van der Waals surface area contributed by atoms with Crippen molar-refractivity contribution in [3.05, 3.63) is 58.4 Å². The molecule has 5 nitrogen and oxygen atoms in total. The maximum Gasteiger partial charge on any atom is 0.344 e. The smallest absolute Gasteiger partial charge is 0.344 e. The van der Waals surface area contributed by atoms with Gasteiger partial charge >= 0.3 is 5.97 Å². The molecule has 0 fully saturated rings. The summed E-state index contributed by atoms with van der Waals surface area (Å²) in [5.74, 6) is -1.47. The van der Waals surface area contributed by atoms with Crippen molar-refractivity contribution in [1.82, 2.24) is 0 Å². The average Bonchev–Trinajstić information content (AvgIpc) is 2.58. The summed E-state index contributed by atoms with van der Waals surface area (Å²) in [5, 5.41) is 9.20. The lowest BCUT2D eigenvalue weighted by atomic mass is 10.0. The highest BCUT2D eigenvalue weighted by Crippen LogP contribution is 2.28. The quantitative estimate of drug-likeness (QED) is 0.766. The molecule has 1 N–H and O–H groups in total. The molecule has 0 saturated carbocycles. The summed E-state index contributed by atoms with van der Waals surface area (Å²) >= 11 is 6.20. The van der Waals surface area contributed by atoms with Gasteiger partial charge in [0, 0.05) is 17.0 Å². The Labute approximate surface area is 156 Å². The fourth-order valence-corrected chi connectivity index (χ4v) is 3.50. The first-order valence-electron chi connectivity index (χ1n) is 7.83. The van der Waals surface area contributed by atoms with Crippen molar-refractivity contribution >= 4 is 27.4 Å². The van der Waals surface area contributed by atoms with Crippen molar-refractivity contribution in [2.75, 3.05) is 5.75 Å². The summed E-state index contributed by atoms with van der Waals surface area (Å²) in [6, 6.07) is 8.12. The fraction of sp³-hybridized carbons (Fsp3) is 0.278. The first-order valence-corrected chi connectivity index (χ1v) is 9.86. The maximum absolute atomic E-state index is 13.6. The Bertz CT molecular complexity index is 927. The highest BCUT2D eigenvalue weighted by Gasteiger charge is 2.18. The van der Waals surface area contributed by atoms with Gasteiger partial charge in [-0.25, -0.2) is 17.6 Å². The van der Waals surface area contributed by atoms with Crippen molar-refractivity contribution in [2.45, 2.75) is 31.3 Å². The zero-order chi connectivity index (χ0) is 19.5. The summed E-state index contributed by atoms with van der Waals surface area (Å²) in [5.41, 5.74) is 0.978. The van der Waals surface area contributed by atoms with Crippen LogP contribution in [-0.4, -0.2) is 31.4 Å². The van der Waals surface area contributed by atoms with E-state index in [4.69, 9.17) is 21.4 Å². The number of carbonyl (C=O) groups is 1. The molecule has 2 rings (SSSR count). The molecule has 2 aromatic rings. The van der Waals surface area contributed by atoms with Crippen molar-refractivity contribution < 1.29 is 27.4 Å². The van der Waals surface area contributed by atoms with E-state index in [-0.39, 0.29) is 27.8 Å². The fourth-order valence-electron chi connectivity index (χ4n) is 2.28. The molecule has 140 valence electrons. The SMILES string of the molecule is CCS(=O)(=O)c1ccc(Cc2cc(F)ccc2O[C@@H](C)C(=O)O)c(Cl)c1. The van der Waals surface area contributed by atoms with E-state index in [9.17, 15) is 17.6 Å². The molecule has 0 aromatic heterocycles. The van der Waals surface area contributed by atoms with Crippen molar-refractivity contribution in [3.8, 4) is 5.75 Å². The lowest BCUT2D eigenvalue weighted by Crippen LogP contribution is -2.23. The summed E-state index contributed by atoms with van der Waals surface area (Å²) < 4.78 is 42.8. The van der Waals surface area contributed by atoms with Crippen LogP contribution in [0.5, 0.6) is 5.75 Å². The molecule has 0 aliphatic heterocycles. The van der Waals surface area contributed by atoms with Crippen LogP contribution in [0.15, 0.2) is 41.3 Å². The molecule has 8 heteroatoms. The first kappa shape index (κ1) is 20.2. The van der Waals surface area contributed by atoms with Crippen molar-refractivity contribution in [1.29, 1.82) is 0 Å². The van der Waals surface area contributed by atoms with Crippen LogP contribution in [0.3, 0.4) is 0 Å². The van der Waals surface area contributed by atoms with Gasteiger partial charge < -0.3 is 9.84 Å². The predicted molar refractivity (Wildman–Crippen MR) is 96.1 cm³/mol. The van der Waals surface area contributed by atoms with Gasteiger partial charge in [0.2, 0.25) is 0 Å². The predicted octanol–water partition coefficient (Wildman–Crippen LogP) is 3.72. The first-order chi connectivity index (χ1) is 12.1. The van der Waals surface area contributed by atoms with Crippen molar-refractivity contribution in [3.63, 3.8) is 0 Å². The van der Waals surface area contributed by atoms with Gasteiger partial charge in [0.05, 0.1) is 10.6 Å². The Kier molecular flexibility index (Phi) is 6.26. The second-order valence-electron chi connectivity index (χ2n) is 5.68. The Morgan fingerprint density at radius 1 is 1.23 bits per heavy atom. The van der Waals surface area contributed by atoms with E-state index in [1.807, 2.05) is 0 Å². The van der Waals surface area contributed by atoms with Crippen LogP contribution in [0.1, 0.15) is 25.0 Å². The molecule has 2 aromatic carbocycles. The maximum atomic E-state index is 13.6. The molecule has 0 aliphatic rings. The summed E-state index contributed by atoms with van der Waals surface area (Å²) in [6.45, 7) is 2.91. The average molecular weight is 401 g/mol. The molecule has 0 aliphatic carbocycles. The minimum Gasteiger partial charge on any atom is -0.479 e. The summed E-state index contributed by atoms with van der Waals surface area (Å²) in [6.07, 6.45) is -0.947. The third kappa shape index (κ3) is 4.74. The van der Waals surface area contributed by atoms with Crippen LogP contribution in [-0.2, 0) is 21.1 Å². The molecule has 0 saturated heterocycles. The molecule has 26 heavy (non-hydrogen) atoms. The molecule has 0 unspecified atom stereocenters. The highest BCUT2D eigenvalue weighted by atomic mass is 35.5. The van der Waals surface area contributed by atoms with Crippen LogP contribution < -0.4 is 4.74 Å². The van der Waals surface area contributed by atoms with E-state index >= 15 is 0 Å². The third-order valence-electron chi connectivity index (χ3n) is 3.82. The topological polar surface area (TPSA) is 80.7 Å². The summed E-state index contributed by atoms with van der Waals surface area (Å²) in [7, 11) is -3.39. The van der Waals surface area contributed by atoms with Gasteiger partial charge in [-0.15, -0.1) is 0 Å². The Morgan fingerprint density at radius 2 is 1.92 bits per heavy atom. The summed E-state index contributed by atoms with van der Waals surface area (Å²) in [4.78, 5) is 11.1. The van der Waals surface area contributed by atoms with E-state index in [0.717, 1.165) is 0 Å². The molecular formula is C18H18ClFO5S. The Hall–Kier alpha value is -2.12. The minimum absolute atomic E-state index is 0.0440. The number of benzene rings is 2. The number of sulfone groups is 1. The molecule has 0 spiro atoms. The number of carboxylic acid groups (broad SMARTS) is 1. The molecule has 1 atom stereocenters.